The number of rotatable bonds is 4. The molecule has 126 valence electrons. The molecule has 1 aliphatic heterocycles. The van der Waals surface area contributed by atoms with Gasteiger partial charge in [0, 0.05) is 20.8 Å². The van der Waals surface area contributed by atoms with Crippen LogP contribution >= 0.6 is 0 Å². The summed E-state index contributed by atoms with van der Waals surface area (Å²) in [5, 5.41) is 0. The van der Waals surface area contributed by atoms with Gasteiger partial charge in [0.15, 0.2) is 12.2 Å². The van der Waals surface area contributed by atoms with Gasteiger partial charge in [-0.25, -0.2) is 0 Å². The number of halogens is 2. The minimum atomic E-state index is -3.78. The summed E-state index contributed by atoms with van der Waals surface area (Å²) in [6.45, 7) is 2.15. The van der Waals surface area contributed by atoms with E-state index in [4.69, 9.17) is 10.5 Å². The number of hydrogen-bond donors (Lipinski definition) is 1. The van der Waals surface area contributed by atoms with Gasteiger partial charge in [0.25, 0.3) is 0 Å². The highest BCUT2D eigenvalue weighted by atomic mass is 19.3. The van der Waals surface area contributed by atoms with Gasteiger partial charge in [0.1, 0.15) is 12.8 Å². The first-order valence-corrected chi connectivity index (χ1v) is 6.32. The Balaban J connectivity index is 3.03. The van der Waals surface area contributed by atoms with Crippen molar-refractivity contribution in [1.29, 1.82) is 0 Å². The maximum Gasteiger partial charge on any atom is 0.317 e. The monoisotopic (exact) mass is 325 g/mol. The summed E-state index contributed by atoms with van der Waals surface area (Å²) >= 11 is 0. The SMILES string of the molecule is CC(=O)OC[C@H]1O[C@@H](N)[C@H](OC(C)=O)[C@@H](OC(C)=O)C1(F)F. The van der Waals surface area contributed by atoms with E-state index in [1.807, 2.05) is 0 Å². The second-order valence-corrected chi connectivity index (χ2v) is 4.67. The van der Waals surface area contributed by atoms with E-state index in [-0.39, 0.29) is 0 Å². The molecule has 0 spiro atoms. The number of hydrogen-bond acceptors (Lipinski definition) is 8. The molecule has 8 nitrogen and oxygen atoms in total. The van der Waals surface area contributed by atoms with Gasteiger partial charge in [-0.3, -0.25) is 14.4 Å². The van der Waals surface area contributed by atoms with E-state index >= 15 is 0 Å². The van der Waals surface area contributed by atoms with Crippen LogP contribution in [0.25, 0.3) is 0 Å². The molecule has 0 saturated carbocycles. The summed E-state index contributed by atoms with van der Waals surface area (Å²) < 4.78 is 47.3. The van der Waals surface area contributed by atoms with E-state index < -0.39 is 55.0 Å². The molecule has 0 aromatic heterocycles. The van der Waals surface area contributed by atoms with Crippen molar-refractivity contribution in [3.8, 4) is 0 Å². The second kappa shape index (κ2) is 6.97. The zero-order valence-electron chi connectivity index (χ0n) is 12.2. The molecule has 0 aromatic rings. The summed E-state index contributed by atoms with van der Waals surface area (Å²) in [5.74, 6) is -6.48. The van der Waals surface area contributed by atoms with E-state index in [1.54, 1.807) is 0 Å². The van der Waals surface area contributed by atoms with Gasteiger partial charge in [-0.15, -0.1) is 0 Å². The Morgan fingerprint density at radius 3 is 2.09 bits per heavy atom. The summed E-state index contributed by atoms with van der Waals surface area (Å²) in [5.41, 5.74) is 5.55. The van der Waals surface area contributed by atoms with Crippen LogP contribution in [0.2, 0.25) is 0 Å². The van der Waals surface area contributed by atoms with Crippen LogP contribution in [0.1, 0.15) is 20.8 Å². The second-order valence-electron chi connectivity index (χ2n) is 4.67. The van der Waals surface area contributed by atoms with Crippen LogP contribution < -0.4 is 5.73 Å². The van der Waals surface area contributed by atoms with Crippen LogP contribution in [0.5, 0.6) is 0 Å². The average Bonchev–Trinajstić information content (AvgIpc) is 2.35. The van der Waals surface area contributed by atoms with Gasteiger partial charge in [-0.2, -0.15) is 8.78 Å². The van der Waals surface area contributed by atoms with Gasteiger partial charge < -0.3 is 24.7 Å². The molecule has 1 heterocycles. The zero-order valence-corrected chi connectivity index (χ0v) is 12.2. The lowest BCUT2D eigenvalue weighted by molar-refractivity contribution is -0.299. The molecule has 10 heteroatoms. The van der Waals surface area contributed by atoms with Crippen molar-refractivity contribution >= 4 is 17.9 Å². The maximum atomic E-state index is 14.4. The molecule has 0 bridgehead atoms. The molecule has 0 unspecified atom stereocenters. The Morgan fingerprint density at radius 1 is 1.09 bits per heavy atom. The molecule has 0 radical (unpaired) electrons. The largest absolute Gasteiger partial charge is 0.463 e. The Hall–Kier alpha value is -1.81. The van der Waals surface area contributed by atoms with Crippen LogP contribution in [0.4, 0.5) is 8.78 Å². The van der Waals surface area contributed by atoms with Crippen molar-refractivity contribution in [1.82, 2.24) is 0 Å². The van der Waals surface area contributed by atoms with Gasteiger partial charge >= 0.3 is 23.8 Å². The highest BCUT2D eigenvalue weighted by Crippen LogP contribution is 2.37. The lowest BCUT2D eigenvalue weighted by Crippen LogP contribution is -2.67. The van der Waals surface area contributed by atoms with Crippen molar-refractivity contribution in [3.05, 3.63) is 0 Å². The van der Waals surface area contributed by atoms with E-state index in [2.05, 4.69) is 14.2 Å². The van der Waals surface area contributed by atoms with Crippen LogP contribution in [0.3, 0.4) is 0 Å². The molecule has 1 rings (SSSR count). The Kier molecular flexibility index (Phi) is 5.78. The van der Waals surface area contributed by atoms with Gasteiger partial charge in [0.05, 0.1) is 0 Å². The number of nitrogens with two attached hydrogens (primary N) is 1. The van der Waals surface area contributed by atoms with Crippen molar-refractivity contribution in [2.45, 2.75) is 51.2 Å². The Morgan fingerprint density at radius 2 is 1.64 bits per heavy atom. The van der Waals surface area contributed by atoms with Gasteiger partial charge in [0.2, 0.25) is 6.10 Å². The lowest BCUT2D eigenvalue weighted by Gasteiger charge is -2.43. The van der Waals surface area contributed by atoms with Crippen molar-refractivity contribution in [2.24, 2.45) is 5.73 Å². The zero-order chi connectivity index (χ0) is 17.1. The molecule has 4 atom stereocenters. The molecule has 2 N–H and O–H groups in total. The summed E-state index contributed by atoms with van der Waals surface area (Å²) in [6, 6.07) is 0. The Labute approximate surface area is 124 Å². The fourth-order valence-electron chi connectivity index (χ4n) is 1.92. The topological polar surface area (TPSA) is 114 Å². The first-order chi connectivity index (χ1) is 10.1. The summed E-state index contributed by atoms with van der Waals surface area (Å²) in [4.78, 5) is 32.8. The molecule has 0 aliphatic carbocycles. The van der Waals surface area contributed by atoms with Crippen molar-refractivity contribution < 1.29 is 42.1 Å². The van der Waals surface area contributed by atoms with Crippen LogP contribution in [-0.4, -0.2) is 55.0 Å². The van der Waals surface area contributed by atoms with Crippen LogP contribution in [-0.2, 0) is 33.3 Å². The number of esters is 3. The number of ether oxygens (including phenoxy) is 4. The number of carbonyl (C=O) groups excluding carboxylic acids is 3. The maximum absolute atomic E-state index is 14.4. The third-order valence-corrected chi connectivity index (χ3v) is 2.79. The van der Waals surface area contributed by atoms with E-state index in [0.29, 0.717) is 0 Å². The fraction of sp³-hybridized carbons (Fsp3) is 0.750. The fourth-order valence-corrected chi connectivity index (χ4v) is 1.92. The quantitative estimate of drug-likeness (QED) is 0.555. The minimum absolute atomic E-state index is 0.791. The van der Waals surface area contributed by atoms with E-state index in [0.717, 1.165) is 20.8 Å². The average molecular weight is 325 g/mol. The summed E-state index contributed by atoms with van der Waals surface area (Å²) in [7, 11) is 0. The molecule has 1 fully saturated rings. The third-order valence-electron chi connectivity index (χ3n) is 2.79. The van der Waals surface area contributed by atoms with Crippen molar-refractivity contribution in [2.75, 3.05) is 6.61 Å². The van der Waals surface area contributed by atoms with E-state index in [1.165, 1.54) is 0 Å². The smallest absolute Gasteiger partial charge is 0.317 e. The van der Waals surface area contributed by atoms with Gasteiger partial charge in [-0.05, 0) is 0 Å². The molecule has 1 saturated heterocycles. The number of alkyl halides is 2. The minimum Gasteiger partial charge on any atom is -0.463 e. The third kappa shape index (κ3) is 4.34. The molecule has 0 amide bonds. The normalized spacial score (nSPS) is 30.3. The standard InChI is InChI=1S/C12H17F2NO7/c1-5(16)19-4-8-12(13,14)10(21-7(3)18)9(11(15)22-8)20-6(2)17/h8-11H,4,15H2,1-3H3/t8-,9-,10-,11-/m1/s1. The Bertz CT molecular complexity index is 457. The summed E-state index contributed by atoms with van der Waals surface area (Å²) in [6.07, 6.45) is -7.26. The first kappa shape index (κ1) is 18.2. The first-order valence-electron chi connectivity index (χ1n) is 6.32. The molecule has 1 aliphatic rings. The molecular weight excluding hydrogens is 308 g/mol. The van der Waals surface area contributed by atoms with Gasteiger partial charge in [-0.1, -0.05) is 0 Å². The highest BCUT2D eigenvalue weighted by molar-refractivity contribution is 5.67. The predicted molar refractivity (Wildman–Crippen MR) is 65.5 cm³/mol. The molecular formula is C12H17F2NO7. The molecule has 0 aromatic carbocycles. The number of carbonyl (C=O) groups is 3. The van der Waals surface area contributed by atoms with Crippen molar-refractivity contribution in [3.63, 3.8) is 0 Å². The predicted octanol–water partition coefficient (Wildman–Crippen LogP) is -0.268. The van der Waals surface area contributed by atoms with Crippen LogP contribution in [0, 0.1) is 0 Å². The molecule has 22 heavy (non-hydrogen) atoms. The lowest BCUT2D eigenvalue weighted by atomic mass is 9.96. The van der Waals surface area contributed by atoms with E-state index in [9.17, 15) is 23.2 Å². The van der Waals surface area contributed by atoms with Crippen LogP contribution in [0.15, 0.2) is 0 Å². The highest BCUT2D eigenvalue weighted by Gasteiger charge is 2.61.